The van der Waals surface area contributed by atoms with Crippen LogP contribution >= 0.6 is 11.3 Å². The number of likely N-dealkylation sites (tertiary alicyclic amines) is 1. The van der Waals surface area contributed by atoms with Gasteiger partial charge in [0.25, 0.3) is 5.91 Å². The predicted octanol–water partition coefficient (Wildman–Crippen LogP) is 2.46. The molecule has 0 aliphatic carbocycles. The molecular weight excluding hydrogens is 262 g/mol. The topological polar surface area (TPSA) is 59.2 Å². The van der Waals surface area contributed by atoms with E-state index in [-0.39, 0.29) is 11.8 Å². The molecule has 1 atom stereocenters. The molecule has 19 heavy (non-hydrogen) atoms. The summed E-state index contributed by atoms with van der Waals surface area (Å²) in [5, 5.41) is 5.75. The van der Waals surface area contributed by atoms with Crippen LogP contribution in [0.1, 0.15) is 40.1 Å². The Hall–Kier alpha value is -1.69. The van der Waals surface area contributed by atoms with Gasteiger partial charge in [0.05, 0.1) is 10.8 Å². The molecule has 100 valence electrons. The maximum absolute atomic E-state index is 12.3. The fraction of sp³-hybridized carbons (Fsp3) is 0.462. The van der Waals surface area contributed by atoms with Crippen molar-refractivity contribution in [1.82, 2.24) is 15.0 Å². The first-order valence-electron chi connectivity index (χ1n) is 6.37. The van der Waals surface area contributed by atoms with Crippen LogP contribution in [0.3, 0.4) is 0 Å². The lowest BCUT2D eigenvalue weighted by molar-refractivity contribution is 0.0700. The van der Waals surface area contributed by atoms with Crippen LogP contribution in [0.25, 0.3) is 0 Å². The smallest absolute Gasteiger partial charge is 0.263 e. The predicted molar refractivity (Wildman–Crippen MR) is 71.2 cm³/mol. The number of nitrogens with zero attached hydrogens (tertiary/aromatic N) is 3. The second kappa shape index (κ2) is 5.13. The SMILES string of the molecule is Cc1noc([C@@H]2CCCN(C(=O)c3cccs3)C2)n1. The molecule has 0 N–H and O–H groups in total. The van der Waals surface area contributed by atoms with Crippen molar-refractivity contribution < 1.29 is 9.32 Å². The summed E-state index contributed by atoms with van der Waals surface area (Å²) < 4.78 is 5.23. The number of rotatable bonds is 2. The molecule has 0 spiro atoms. The summed E-state index contributed by atoms with van der Waals surface area (Å²) in [7, 11) is 0. The monoisotopic (exact) mass is 277 g/mol. The standard InChI is InChI=1S/C13H15N3O2S/c1-9-14-12(18-15-9)10-4-2-6-16(8-10)13(17)11-5-3-7-19-11/h3,5,7,10H,2,4,6,8H2,1H3/t10-/m1/s1. The largest absolute Gasteiger partial charge is 0.339 e. The van der Waals surface area contributed by atoms with Gasteiger partial charge in [-0.25, -0.2) is 0 Å². The van der Waals surface area contributed by atoms with E-state index >= 15 is 0 Å². The minimum absolute atomic E-state index is 0.107. The number of aromatic nitrogens is 2. The highest BCUT2D eigenvalue weighted by Gasteiger charge is 2.28. The van der Waals surface area contributed by atoms with Crippen LogP contribution in [-0.2, 0) is 0 Å². The molecule has 3 rings (SSSR count). The van der Waals surface area contributed by atoms with E-state index in [9.17, 15) is 4.79 Å². The third-order valence-electron chi connectivity index (χ3n) is 3.33. The molecule has 6 heteroatoms. The van der Waals surface area contributed by atoms with Gasteiger partial charge in [-0.15, -0.1) is 11.3 Å². The zero-order valence-corrected chi connectivity index (χ0v) is 11.5. The van der Waals surface area contributed by atoms with E-state index in [1.807, 2.05) is 29.3 Å². The average Bonchev–Trinajstić information content (AvgIpc) is 3.09. The molecule has 2 aromatic rings. The number of hydrogen-bond donors (Lipinski definition) is 0. The van der Waals surface area contributed by atoms with Crippen molar-refractivity contribution in [3.63, 3.8) is 0 Å². The highest BCUT2D eigenvalue weighted by Crippen LogP contribution is 2.27. The third-order valence-corrected chi connectivity index (χ3v) is 4.19. The number of thiophene rings is 1. The van der Waals surface area contributed by atoms with E-state index in [0.29, 0.717) is 18.3 Å². The molecule has 1 aliphatic heterocycles. The van der Waals surface area contributed by atoms with Crippen LogP contribution in [-0.4, -0.2) is 34.0 Å². The summed E-state index contributed by atoms with van der Waals surface area (Å²) >= 11 is 1.48. The summed E-state index contributed by atoms with van der Waals surface area (Å²) in [5.74, 6) is 1.58. The Bertz CT molecular complexity index is 564. The van der Waals surface area contributed by atoms with Crippen LogP contribution in [0, 0.1) is 6.92 Å². The van der Waals surface area contributed by atoms with Gasteiger partial charge in [0, 0.05) is 13.1 Å². The molecule has 5 nitrogen and oxygen atoms in total. The number of amides is 1. The number of hydrogen-bond acceptors (Lipinski definition) is 5. The molecule has 0 radical (unpaired) electrons. The molecule has 0 saturated carbocycles. The Kier molecular flexibility index (Phi) is 3.33. The van der Waals surface area contributed by atoms with E-state index in [4.69, 9.17) is 4.52 Å². The van der Waals surface area contributed by atoms with Gasteiger partial charge in [0.2, 0.25) is 5.89 Å². The molecule has 0 bridgehead atoms. The summed E-state index contributed by atoms with van der Waals surface area (Å²) in [6.45, 7) is 3.28. The highest BCUT2D eigenvalue weighted by atomic mass is 32.1. The molecule has 2 aromatic heterocycles. The van der Waals surface area contributed by atoms with Gasteiger partial charge in [-0.3, -0.25) is 4.79 Å². The highest BCUT2D eigenvalue weighted by molar-refractivity contribution is 7.12. The number of piperidine rings is 1. The van der Waals surface area contributed by atoms with Crippen molar-refractivity contribution >= 4 is 17.2 Å². The fourth-order valence-electron chi connectivity index (χ4n) is 2.40. The quantitative estimate of drug-likeness (QED) is 0.846. The van der Waals surface area contributed by atoms with Crippen molar-refractivity contribution in [2.75, 3.05) is 13.1 Å². The minimum Gasteiger partial charge on any atom is -0.339 e. The lowest BCUT2D eigenvalue weighted by Gasteiger charge is -2.30. The number of carbonyl (C=O) groups excluding carboxylic acids is 1. The first-order valence-corrected chi connectivity index (χ1v) is 7.25. The lowest BCUT2D eigenvalue weighted by Crippen LogP contribution is -2.38. The Balaban J connectivity index is 1.73. The maximum Gasteiger partial charge on any atom is 0.263 e. The molecule has 1 aliphatic rings. The Labute approximate surface area is 115 Å². The van der Waals surface area contributed by atoms with Gasteiger partial charge in [-0.1, -0.05) is 11.2 Å². The van der Waals surface area contributed by atoms with Gasteiger partial charge in [0.1, 0.15) is 0 Å². The molecular formula is C13H15N3O2S. The summed E-state index contributed by atoms with van der Waals surface area (Å²) in [5.41, 5.74) is 0. The minimum atomic E-state index is 0.107. The van der Waals surface area contributed by atoms with E-state index < -0.39 is 0 Å². The van der Waals surface area contributed by atoms with Crippen molar-refractivity contribution in [3.8, 4) is 0 Å². The molecule has 1 fully saturated rings. The van der Waals surface area contributed by atoms with Crippen molar-refractivity contribution in [3.05, 3.63) is 34.1 Å². The van der Waals surface area contributed by atoms with Gasteiger partial charge >= 0.3 is 0 Å². The third kappa shape index (κ3) is 2.53. The molecule has 1 amide bonds. The zero-order valence-electron chi connectivity index (χ0n) is 10.7. The number of carbonyl (C=O) groups is 1. The first kappa shape index (κ1) is 12.3. The summed E-state index contributed by atoms with van der Waals surface area (Å²) in [6.07, 6.45) is 1.97. The molecule has 0 aromatic carbocycles. The van der Waals surface area contributed by atoms with Crippen molar-refractivity contribution in [1.29, 1.82) is 0 Å². The number of aryl methyl sites for hydroxylation is 1. The molecule has 3 heterocycles. The van der Waals surface area contributed by atoms with Gasteiger partial charge < -0.3 is 9.42 Å². The molecule has 0 unspecified atom stereocenters. The fourth-order valence-corrected chi connectivity index (χ4v) is 3.09. The first-order chi connectivity index (χ1) is 9.24. The second-order valence-corrected chi connectivity index (χ2v) is 5.70. The van der Waals surface area contributed by atoms with Crippen LogP contribution in [0.4, 0.5) is 0 Å². The van der Waals surface area contributed by atoms with E-state index in [1.165, 1.54) is 11.3 Å². The summed E-state index contributed by atoms with van der Waals surface area (Å²) in [6, 6.07) is 3.77. The lowest BCUT2D eigenvalue weighted by atomic mass is 9.98. The van der Waals surface area contributed by atoms with E-state index in [0.717, 1.165) is 24.3 Å². The zero-order chi connectivity index (χ0) is 13.2. The van der Waals surface area contributed by atoms with Crippen molar-refractivity contribution in [2.24, 2.45) is 0 Å². The van der Waals surface area contributed by atoms with Crippen LogP contribution in [0.2, 0.25) is 0 Å². The normalized spacial score (nSPS) is 19.6. The Morgan fingerprint density at radius 2 is 2.47 bits per heavy atom. The maximum atomic E-state index is 12.3. The van der Waals surface area contributed by atoms with Gasteiger partial charge in [0.15, 0.2) is 5.82 Å². The molecule has 1 saturated heterocycles. The van der Waals surface area contributed by atoms with Gasteiger partial charge in [-0.05, 0) is 31.2 Å². The Morgan fingerprint density at radius 3 is 3.16 bits per heavy atom. The van der Waals surface area contributed by atoms with Crippen LogP contribution < -0.4 is 0 Å². The van der Waals surface area contributed by atoms with Gasteiger partial charge in [-0.2, -0.15) is 4.98 Å². The van der Waals surface area contributed by atoms with E-state index in [2.05, 4.69) is 10.1 Å². The second-order valence-electron chi connectivity index (χ2n) is 4.75. The van der Waals surface area contributed by atoms with Crippen molar-refractivity contribution in [2.45, 2.75) is 25.7 Å². The summed E-state index contributed by atoms with van der Waals surface area (Å²) in [4.78, 5) is 19.3. The van der Waals surface area contributed by atoms with E-state index in [1.54, 1.807) is 0 Å². The Morgan fingerprint density at radius 1 is 1.58 bits per heavy atom. The van der Waals surface area contributed by atoms with Crippen LogP contribution in [0.5, 0.6) is 0 Å². The average molecular weight is 277 g/mol. The van der Waals surface area contributed by atoms with Crippen LogP contribution in [0.15, 0.2) is 22.0 Å².